The summed E-state index contributed by atoms with van der Waals surface area (Å²) in [5.74, 6) is 2.29. The molecular weight excluding hydrogens is 128 g/mol. The number of carbonyl (C=O) groups is 1. The van der Waals surface area contributed by atoms with Crippen LogP contribution in [0.25, 0.3) is 0 Å². The highest BCUT2D eigenvalue weighted by Gasteiger charge is 2.05. The molecule has 0 saturated heterocycles. The number of hydrogen-bond donors (Lipinski definition) is 0. The maximum atomic E-state index is 10.7. The van der Waals surface area contributed by atoms with Crippen molar-refractivity contribution in [1.82, 2.24) is 0 Å². The molecule has 56 valence electrons. The second-order valence-corrected chi connectivity index (χ2v) is 2.21. The molecule has 0 aromatic rings. The molecule has 0 aliphatic carbocycles. The summed E-state index contributed by atoms with van der Waals surface area (Å²) < 4.78 is 4.54. The van der Waals surface area contributed by atoms with E-state index in [-0.39, 0.29) is 11.9 Å². The van der Waals surface area contributed by atoms with Gasteiger partial charge in [0.25, 0.3) is 0 Å². The number of hydrogen-bond acceptors (Lipinski definition) is 2. The van der Waals surface area contributed by atoms with Gasteiger partial charge in [0.2, 0.25) is 0 Å². The summed E-state index contributed by atoms with van der Waals surface area (Å²) in [6, 6.07) is 0. The van der Waals surface area contributed by atoms with Crippen LogP contribution in [-0.4, -0.2) is 5.97 Å². The van der Waals surface area contributed by atoms with E-state index in [2.05, 4.69) is 16.8 Å². The van der Waals surface area contributed by atoms with Crippen molar-refractivity contribution >= 4 is 5.97 Å². The summed E-state index contributed by atoms with van der Waals surface area (Å²) in [6.45, 7) is 5.45. The monoisotopic (exact) mass is 140 g/mol. The van der Waals surface area contributed by atoms with Crippen molar-refractivity contribution in [3.8, 4) is 12.0 Å². The van der Waals surface area contributed by atoms with Gasteiger partial charge in [-0.1, -0.05) is 26.7 Å². The third-order valence-electron chi connectivity index (χ3n) is 0.872. The molecule has 0 saturated carbocycles. The Morgan fingerprint density at radius 3 is 2.60 bits per heavy atom. The number of rotatable bonds is 1. The van der Waals surface area contributed by atoms with Gasteiger partial charge >= 0.3 is 5.97 Å². The van der Waals surface area contributed by atoms with Gasteiger partial charge in [-0.15, -0.1) is 0 Å². The fourth-order valence-electron chi connectivity index (χ4n) is 0.276. The SMILES string of the molecule is CCC#COC(=O)C(C)C. The minimum Gasteiger partial charge on any atom is -0.372 e. The third-order valence-corrected chi connectivity index (χ3v) is 0.872. The molecule has 2 nitrogen and oxygen atoms in total. The van der Waals surface area contributed by atoms with E-state index in [0.717, 1.165) is 0 Å². The number of carbonyl (C=O) groups excluding carboxylic acids is 1. The molecule has 0 fully saturated rings. The molecule has 0 amide bonds. The zero-order chi connectivity index (χ0) is 7.98. The summed E-state index contributed by atoms with van der Waals surface area (Å²) in [5.41, 5.74) is 0. The van der Waals surface area contributed by atoms with E-state index in [1.807, 2.05) is 6.92 Å². The molecule has 0 aromatic heterocycles. The van der Waals surface area contributed by atoms with Crippen molar-refractivity contribution < 1.29 is 9.53 Å². The van der Waals surface area contributed by atoms with Crippen molar-refractivity contribution in [3.63, 3.8) is 0 Å². The van der Waals surface area contributed by atoms with Crippen LogP contribution >= 0.6 is 0 Å². The van der Waals surface area contributed by atoms with Crippen LogP contribution < -0.4 is 0 Å². The summed E-state index contributed by atoms with van der Waals surface area (Å²) >= 11 is 0. The molecule has 0 rings (SSSR count). The highest BCUT2D eigenvalue weighted by Crippen LogP contribution is 1.93. The first-order valence-electron chi connectivity index (χ1n) is 3.37. The predicted molar refractivity (Wildman–Crippen MR) is 39.0 cm³/mol. The Morgan fingerprint density at radius 2 is 2.20 bits per heavy atom. The molecular formula is C8H12O2. The van der Waals surface area contributed by atoms with Crippen LogP contribution in [-0.2, 0) is 9.53 Å². The predicted octanol–water partition coefficient (Wildman–Crippen LogP) is 1.56. The van der Waals surface area contributed by atoms with Crippen molar-refractivity contribution in [2.75, 3.05) is 0 Å². The molecule has 0 radical (unpaired) electrons. The van der Waals surface area contributed by atoms with Crippen molar-refractivity contribution in [3.05, 3.63) is 0 Å². The molecule has 0 aliphatic heterocycles. The first-order valence-corrected chi connectivity index (χ1v) is 3.37. The second-order valence-electron chi connectivity index (χ2n) is 2.21. The van der Waals surface area contributed by atoms with Gasteiger partial charge in [0.05, 0.1) is 5.92 Å². The minimum absolute atomic E-state index is 0.0915. The van der Waals surface area contributed by atoms with Gasteiger partial charge in [-0.3, -0.25) is 4.79 Å². The Labute approximate surface area is 61.6 Å². The van der Waals surface area contributed by atoms with Crippen LogP contribution in [0, 0.1) is 17.9 Å². The Hall–Kier alpha value is -0.970. The van der Waals surface area contributed by atoms with Crippen molar-refractivity contribution in [2.45, 2.75) is 27.2 Å². The molecule has 0 spiro atoms. The smallest absolute Gasteiger partial charge is 0.322 e. The van der Waals surface area contributed by atoms with E-state index < -0.39 is 0 Å². The van der Waals surface area contributed by atoms with Gasteiger partial charge in [-0.25, -0.2) is 0 Å². The summed E-state index contributed by atoms with van der Waals surface area (Å²) in [5, 5.41) is 0. The normalized spacial score (nSPS) is 8.40. The Morgan fingerprint density at radius 1 is 1.60 bits per heavy atom. The summed E-state index contributed by atoms with van der Waals surface area (Å²) in [6.07, 6.45) is 3.03. The molecule has 0 N–H and O–H groups in total. The Kier molecular flexibility index (Phi) is 4.39. The van der Waals surface area contributed by atoms with E-state index in [1.165, 1.54) is 0 Å². The Bertz CT molecular complexity index is 160. The second kappa shape index (κ2) is 4.87. The number of ether oxygens (including phenoxy) is 1. The summed E-state index contributed by atoms with van der Waals surface area (Å²) in [7, 11) is 0. The largest absolute Gasteiger partial charge is 0.372 e. The van der Waals surface area contributed by atoms with Crippen molar-refractivity contribution in [1.29, 1.82) is 0 Å². The standard InChI is InChI=1S/C8H12O2/c1-4-5-6-10-8(9)7(2)3/h7H,4H2,1-3H3. The van der Waals surface area contributed by atoms with Gasteiger partial charge in [0.15, 0.2) is 0 Å². The fourth-order valence-corrected chi connectivity index (χ4v) is 0.276. The minimum atomic E-state index is -0.263. The van der Waals surface area contributed by atoms with Crippen LogP contribution in [0.15, 0.2) is 0 Å². The van der Waals surface area contributed by atoms with Gasteiger partial charge in [0, 0.05) is 6.42 Å². The summed E-state index contributed by atoms with van der Waals surface area (Å²) in [4.78, 5) is 10.7. The lowest BCUT2D eigenvalue weighted by Crippen LogP contribution is -2.07. The third kappa shape index (κ3) is 3.96. The van der Waals surface area contributed by atoms with Crippen LogP contribution in [0.2, 0.25) is 0 Å². The van der Waals surface area contributed by atoms with Gasteiger partial charge in [-0.05, 0) is 0 Å². The van der Waals surface area contributed by atoms with E-state index in [4.69, 9.17) is 0 Å². The lowest BCUT2D eigenvalue weighted by atomic mass is 10.2. The lowest BCUT2D eigenvalue weighted by Gasteiger charge is -1.96. The quantitative estimate of drug-likeness (QED) is 0.408. The van der Waals surface area contributed by atoms with Crippen molar-refractivity contribution in [2.24, 2.45) is 5.92 Å². The molecule has 0 bridgehead atoms. The maximum Gasteiger partial charge on any atom is 0.322 e. The molecule has 2 heteroatoms. The lowest BCUT2D eigenvalue weighted by molar-refractivity contribution is -0.140. The zero-order valence-corrected chi connectivity index (χ0v) is 6.60. The average Bonchev–Trinajstić information content (AvgIpc) is 1.88. The highest BCUT2D eigenvalue weighted by molar-refractivity contribution is 5.72. The van der Waals surface area contributed by atoms with Gasteiger partial charge in [-0.2, -0.15) is 0 Å². The van der Waals surface area contributed by atoms with E-state index >= 15 is 0 Å². The first-order chi connectivity index (χ1) is 4.68. The molecule has 0 atom stereocenters. The molecule has 0 aliphatic rings. The molecule has 0 unspecified atom stereocenters. The Balaban J connectivity index is 3.59. The molecule has 0 aromatic carbocycles. The topological polar surface area (TPSA) is 26.3 Å². The number of esters is 1. The molecule has 0 heterocycles. The zero-order valence-electron chi connectivity index (χ0n) is 6.60. The van der Waals surface area contributed by atoms with E-state index in [1.54, 1.807) is 13.8 Å². The van der Waals surface area contributed by atoms with E-state index in [0.29, 0.717) is 6.42 Å². The van der Waals surface area contributed by atoms with Gasteiger partial charge < -0.3 is 4.74 Å². The van der Waals surface area contributed by atoms with Crippen LogP contribution in [0.3, 0.4) is 0 Å². The van der Waals surface area contributed by atoms with Gasteiger partial charge in [0.1, 0.15) is 6.11 Å². The highest BCUT2D eigenvalue weighted by atomic mass is 16.5. The van der Waals surface area contributed by atoms with Crippen LogP contribution in [0.5, 0.6) is 0 Å². The molecule has 10 heavy (non-hydrogen) atoms. The van der Waals surface area contributed by atoms with Crippen LogP contribution in [0.4, 0.5) is 0 Å². The fraction of sp³-hybridized carbons (Fsp3) is 0.625. The van der Waals surface area contributed by atoms with E-state index in [9.17, 15) is 4.79 Å². The van der Waals surface area contributed by atoms with Crippen LogP contribution in [0.1, 0.15) is 27.2 Å². The average molecular weight is 140 g/mol. The maximum absolute atomic E-state index is 10.7. The first kappa shape index (κ1) is 9.03.